The van der Waals surface area contributed by atoms with Gasteiger partial charge in [0.15, 0.2) is 0 Å². The summed E-state index contributed by atoms with van der Waals surface area (Å²) in [4.78, 5) is 4.04. The van der Waals surface area contributed by atoms with Gasteiger partial charge in [-0.25, -0.2) is 0 Å². The van der Waals surface area contributed by atoms with E-state index < -0.39 is 5.60 Å². The van der Waals surface area contributed by atoms with Crippen molar-refractivity contribution in [3.8, 4) is 0 Å². The van der Waals surface area contributed by atoms with Gasteiger partial charge >= 0.3 is 0 Å². The SMILES string of the molecule is CC(O)(CCNC(C)(C)C)Cc1cnccc1N. The van der Waals surface area contributed by atoms with Gasteiger partial charge in [0.25, 0.3) is 0 Å². The Labute approximate surface area is 110 Å². The number of nitrogens with two attached hydrogens (primary N) is 1. The van der Waals surface area contributed by atoms with Crippen LogP contribution >= 0.6 is 0 Å². The normalized spacial score (nSPS) is 15.4. The Morgan fingerprint density at radius 1 is 1.33 bits per heavy atom. The number of aliphatic hydroxyl groups is 1. The van der Waals surface area contributed by atoms with Gasteiger partial charge in [-0.1, -0.05) is 0 Å². The van der Waals surface area contributed by atoms with E-state index in [0.29, 0.717) is 18.5 Å². The molecule has 0 aliphatic carbocycles. The summed E-state index contributed by atoms with van der Waals surface area (Å²) < 4.78 is 0. The molecule has 0 bridgehead atoms. The van der Waals surface area contributed by atoms with Gasteiger partial charge in [-0.15, -0.1) is 0 Å². The number of hydrogen-bond acceptors (Lipinski definition) is 4. The first-order chi connectivity index (χ1) is 8.20. The summed E-state index contributed by atoms with van der Waals surface area (Å²) >= 11 is 0. The lowest BCUT2D eigenvalue weighted by atomic mass is 9.93. The molecule has 0 radical (unpaired) electrons. The van der Waals surface area contributed by atoms with E-state index in [9.17, 15) is 5.11 Å². The molecule has 0 fully saturated rings. The van der Waals surface area contributed by atoms with Crippen molar-refractivity contribution < 1.29 is 5.11 Å². The lowest BCUT2D eigenvalue weighted by Crippen LogP contribution is -2.40. The van der Waals surface area contributed by atoms with Gasteiger partial charge in [0.05, 0.1) is 5.60 Å². The van der Waals surface area contributed by atoms with E-state index >= 15 is 0 Å². The van der Waals surface area contributed by atoms with Gasteiger partial charge in [-0.2, -0.15) is 0 Å². The highest BCUT2D eigenvalue weighted by molar-refractivity contribution is 5.44. The van der Waals surface area contributed by atoms with Gasteiger partial charge in [0.1, 0.15) is 0 Å². The maximum absolute atomic E-state index is 10.4. The third kappa shape index (κ3) is 5.47. The molecule has 1 rings (SSSR count). The molecule has 0 aliphatic heterocycles. The Morgan fingerprint density at radius 2 is 2.00 bits per heavy atom. The topological polar surface area (TPSA) is 71.2 Å². The highest BCUT2D eigenvalue weighted by atomic mass is 16.3. The summed E-state index contributed by atoms with van der Waals surface area (Å²) in [6.45, 7) is 8.95. The van der Waals surface area contributed by atoms with Crippen molar-refractivity contribution in [2.24, 2.45) is 0 Å². The molecule has 102 valence electrons. The van der Waals surface area contributed by atoms with E-state index in [1.807, 2.05) is 6.92 Å². The Morgan fingerprint density at radius 3 is 2.56 bits per heavy atom. The van der Waals surface area contributed by atoms with Crippen molar-refractivity contribution in [1.29, 1.82) is 0 Å². The minimum absolute atomic E-state index is 0.0728. The summed E-state index contributed by atoms with van der Waals surface area (Å²) in [7, 11) is 0. The minimum atomic E-state index is -0.768. The van der Waals surface area contributed by atoms with Crippen molar-refractivity contribution in [3.05, 3.63) is 24.0 Å². The molecular weight excluding hydrogens is 226 g/mol. The molecule has 1 atom stereocenters. The molecule has 0 aromatic carbocycles. The fourth-order valence-electron chi connectivity index (χ4n) is 1.79. The number of anilines is 1. The quantitative estimate of drug-likeness (QED) is 0.745. The van der Waals surface area contributed by atoms with E-state index in [1.165, 1.54) is 0 Å². The number of rotatable bonds is 5. The van der Waals surface area contributed by atoms with Gasteiger partial charge in [-0.05, 0) is 52.3 Å². The largest absolute Gasteiger partial charge is 0.398 e. The second-order valence-corrected chi connectivity index (χ2v) is 6.17. The second-order valence-electron chi connectivity index (χ2n) is 6.17. The van der Waals surface area contributed by atoms with Crippen molar-refractivity contribution in [2.75, 3.05) is 12.3 Å². The zero-order chi connectivity index (χ0) is 13.8. The maximum atomic E-state index is 10.4. The van der Waals surface area contributed by atoms with Crippen molar-refractivity contribution in [2.45, 2.75) is 51.7 Å². The second kappa shape index (κ2) is 5.67. The molecule has 4 N–H and O–H groups in total. The molecule has 18 heavy (non-hydrogen) atoms. The Hall–Kier alpha value is -1.13. The van der Waals surface area contributed by atoms with Crippen LogP contribution in [0, 0.1) is 0 Å². The van der Waals surface area contributed by atoms with E-state index in [1.54, 1.807) is 18.5 Å². The number of nitrogen functional groups attached to an aromatic ring is 1. The monoisotopic (exact) mass is 251 g/mol. The smallest absolute Gasteiger partial charge is 0.0673 e. The van der Waals surface area contributed by atoms with Crippen LogP contribution in [-0.2, 0) is 6.42 Å². The Bertz CT molecular complexity index is 383. The van der Waals surface area contributed by atoms with Crippen LogP contribution in [0.3, 0.4) is 0 Å². The Balaban J connectivity index is 2.52. The van der Waals surface area contributed by atoms with Crippen LogP contribution in [0.2, 0.25) is 0 Å². The van der Waals surface area contributed by atoms with E-state index in [2.05, 4.69) is 31.1 Å². The molecular formula is C14H25N3O. The first-order valence-corrected chi connectivity index (χ1v) is 6.35. The third-order valence-corrected chi connectivity index (χ3v) is 2.83. The average molecular weight is 251 g/mol. The fraction of sp³-hybridized carbons (Fsp3) is 0.643. The number of hydrogen-bond donors (Lipinski definition) is 3. The van der Waals surface area contributed by atoms with Crippen LogP contribution < -0.4 is 11.1 Å². The van der Waals surface area contributed by atoms with Crippen molar-refractivity contribution in [1.82, 2.24) is 10.3 Å². The minimum Gasteiger partial charge on any atom is -0.398 e. The molecule has 1 aromatic rings. The first-order valence-electron chi connectivity index (χ1n) is 6.35. The molecule has 0 saturated carbocycles. The number of nitrogens with one attached hydrogen (secondary N) is 1. The van der Waals surface area contributed by atoms with Crippen LogP contribution in [0.1, 0.15) is 39.7 Å². The van der Waals surface area contributed by atoms with Gasteiger partial charge in [-0.3, -0.25) is 4.98 Å². The average Bonchev–Trinajstić information content (AvgIpc) is 2.18. The first kappa shape index (κ1) is 14.9. The summed E-state index contributed by atoms with van der Waals surface area (Å²) in [5.74, 6) is 0. The molecule has 4 heteroatoms. The molecule has 4 nitrogen and oxygen atoms in total. The molecule has 0 spiro atoms. The van der Waals surface area contributed by atoms with E-state index in [0.717, 1.165) is 12.1 Å². The lowest BCUT2D eigenvalue weighted by Gasteiger charge is -2.27. The third-order valence-electron chi connectivity index (χ3n) is 2.83. The van der Waals surface area contributed by atoms with Crippen molar-refractivity contribution >= 4 is 5.69 Å². The van der Waals surface area contributed by atoms with Crippen LogP contribution in [0.5, 0.6) is 0 Å². The Kier molecular flexibility index (Phi) is 4.71. The standard InChI is InChI=1S/C14H25N3O/c1-13(2,3)17-8-6-14(4,18)9-11-10-16-7-5-12(11)15/h5,7,10,17-18H,6,8-9H2,1-4H3,(H2,15,16). The summed E-state index contributed by atoms with van der Waals surface area (Å²) in [5.41, 5.74) is 6.75. The zero-order valence-corrected chi connectivity index (χ0v) is 11.8. The highest BCUT2D eigenvalue weighted by Crippen LogP contribution is 2.20. The summed E-state index contributed by atoms with van der Waals surface area (Å²) in [5, 5.41) is 13.7. The molecule has 0 amide bonds. The van der Waals surface area contributed by atoms with E-state index in [-0.39, 0.29) is 5.54 Å². The van der Waals surface area contributed by atoms with Crippen LogP contribution in [-0.4, -0.2) is 27.8 Å². The number of nitrogens with zero attached hydrogens (tertiary/aromatic N) is 1. The van der Waals surface area contributed by atoms with Gasteiger partial charge in [0, 0.05) is 30.0 Å². The predicted molar refractivity (Wildman–Crippen MR) is 75.3 cm³/mol. The van der Waals surface area contributed by atoms with Crippen LogP contribution in [0.25, 0.3) is 0 Å². The van der Waals surface area contributed by atoms with Crippen LogP contribution in [0.4, 0.5) is 5.69 Å². The van der Waals surface area contributed by atoms with Crippen LogP contribution in [0.15, 0.2) is 18.5 Å². The predicted octanol–water partition coefficient (Wildman–Crippen LogP) is 1.74. The highest BCUT2D eigenvalue weighted by Gasteiger charge is 2.22. The van der Waals surface area contributed by atoms with Gasteiger partial charge in [0.2, 0.25) is 0 Å². The summed E-state index contributed by atoms with van der Waals surface area (Å²) in [6.07, 6.45) is 4.59. The summed E-state index contributed by atoms with van der Waals surface area (Å²) in [6, 6.07) is 1.76. The lowest BCUT2D eigenvalue weighted by molar-refractivity contribution is 0.0500. The molecule has 0 aliphatic rings. The zero-order valence-electron chi connectivity index (χ0n) is 11.8. The maximum Gasteiger partial charge on any atom is 0.0673 e. The molecule has 1 aromatic heterocycles. The molecule has 1 unspecified atom stereocenters. The van der Waals surface area contributed by atoms with E-state index in [4.69, 9.17) is 5.73 Å². The van der Waals surface area contributed by atoms with Crippen molar-refractivity contribution in [3.63, 3.8) is 0 Å². The number of pyridine rings is 1. The fourth-order valence-corrected chi connectivity index (χ4v) is 1.79. The number of aromatic nitrogens is 1. The molecule has 0 saturated heterocycles. The van der Waals surface area contributed by atoms with Gasteiger partial charge < -0.3 is 16.2 Å². The molecule has 1 heterocycles.